The summed E-state index contributed by atoms with van der Waals surface area (Å²) in [6.07, 6.45) is 0. The van der Waals surface area contributed by atoms with Gasteiger partial charge < -0.3 is 0 Å². The van der Waals surface area contributed by atoms with Gasteiger partial charge in [-0.3, -0.25) is 4.99 Å². The predicted octanol–water partition coefficient (Wildman–Crippen LogP) is 1.23. The first kappa shape index (κ1) is 8.72. The second kappa shape index (κ2) is 3.35. The molecule has 0 radical (unpaired) electrons. The third kappa shape index (κ3) is 1.45. The van der Waals surface area contributed by atoms with Gasteiger partial charge in [0.25, 0.3) is 0 Å². The number of hydrogen-bond acceptors (Lipinski definition) is 1. The Bertz CT molecular complexity index is 402. The lowest BCUT2D eigenvalue weighted by atomic mass is 10.1. The van der Waals surface area contributed by atoms with E-state index in [0.717, 1.165) is 16.1 Å². The second-order valence-corrected chi connectivity index (χ2v) is 2.85. The predicted molar refractivity (Wildman–Crippen MR) is 54.6 cm³/mol. The molecular weight excluding hydrogens is 146 g/mol. The molecule has 0 aromatic heterocycles. The van der Waals surface area contributed by atoms with Gasteiger partial charge in [0.05, 0.1) is 0 Å². The molecule has 62 valence electrons. The molecule has 12 heavy (non-hydrogen) atoms. The Morgan fingerprint density at radius 1 is 1.42 bits per heavy atom. The van der Waals surface area contributed by atoms with E-state index in [4.69, 9.17) is 0 Å². The largest absolute Gasteiger partial charge is 0.269 e. The summed E-state index contributed by atoms with van der Waals surface area (Å²) in [5.41, 5.74) is 2.14. The highest BCUT2D eigenvalue weighted by atomic mass is 14.7. The number of benzene rings is 1. The first-order valence-electron chi connectivity index (χ1n) is 3.89. The van der Waals surface area contributed by atoms with Crippen LogP contribution in [0.15, 0.2) is 23.2 Å². The number of hydrogen-bond donors (Lipinski definition) is 0. The van der Waals surface area contributed by atoms with Crippen molar-refractivity contribution in [1.82, 2.24) is 0 Å². The van der Waals surface area contributed by atoms with Gasteiger partial charge in [-0.15, -0.1) is 0 Å². The highest BCUT2D eigenvalue weighted by Crippen LogP contribution is 1.91. The standard InChI is InChI=1S/C11H13N/c1-8-6-5-7-9(2)11(8)10(3)12-4/h5-7H,1,4H2,2-3H3/b11-10-. The Balaban J connectivity index is 3.74. The Kier molecular flexibility index (Phi) is 2.44. The average molecular weight is 159 g/mol. The van der Waals surface area contributed by atoms with E-state index >= 15 is 0 Å². The molecule has 1 rings (SSSR count). The maximum Gasteiger partial charge on any atom is 0.0446 e. The van der Waals surface area contributed by atoms with E-state index in [1.807, 2.05) is 19.1 Å². The van der Waals surface area contributed by atoms with Crippen molar-refractivity contribution in [3.05, 3.63) is 34.2 Å². The maximum absolute atomic E-state index is 3.94. The van der Waals surface area contributed by atoms with E-state index in [0.29, 0.717) is 0 Å². The Labute approximate surface area is 72.8 Å². The van der Waals surface area contributed by atoms with Gasteiger partial charge in [0.2, 0.25) is 0 Å². The lowest BCUT2D eigenvalue weighted by Gasteiger charge is -1.97. The molecule has 0 amide bonds. The maximum atomic E-state index is 3.94. The van der Waals surface area contributed by atoms with Crippen LogP contribution in [0.1, 0.15) is 12.5 Å². The van der Waals surface area contributed by atoms with Crippen LogP contribution in [0.2, 0.25) is 0 Å². The van der Waals surface area contributed by atoms with Gasteiger partial charge in [-0.1, -0.05) is 24.8 Å². The molecule has 0 aliphatic heterocycles. The minimum Gasteiger partial charge on any atom is -0.269 e. The third-order valence-corrected chi connectivity index (χ3v) is 1.96. The zero-order valence-corrected chi connectivity index (χ0v) is 7.59. The molecule has 0 fully saturated rings. The molecule has 1 aromatic carbocycles. The zero-order valence-electron chi connectivity index (χ0n) is 7.59. The third-order valence-electron chi connectivity index (χ3n) is 1.96. The molecule has 0 saturated heterocycles. The van der Waals surface area contributed by atoms with Crippen molar-refractivity contribution in [3.63, 3.8) is 0 Å². The van der Waals surface area contributed by atoms with Crippen LogP contribution in [0.25, 0.3) is 12.3 Å². The molecule has 0 bridgehead atoms. The molecule has 0 unspecified atom stereocenters. The fourth-order valence-corrected chi connectivity index (χ4v) is 1.33. The molecule has 0 saturated carbocycles. The summed E-state index contributed by atoms with van der Waals surface area (Å²) in [7, 11) is 0. The van der Waals surface area contributed by atoms with E-state index in [-0.39, 0.29) is 0 Å². The molecule has 0 atom stereocenters. The summed E-state index contributed by atoms with van der Waals surface area (Å²) in [6, 6.07) is 6.03. The Morgan fingerprint density at radius 3 is 2.58 bits per heavy atom. The van der Waals surface area contributed by atoms with Crippen LogP contribution in [0.5, 0.6) is 0 Å². The Hall–Kier alpha value is -1.37. The number of aryl methyl sites for hydroxylation is 1. The van der Waals surface area contributed by atoms with E-state index < -0.39 is 0 Å². The van der Waals surface area contributed by atoms with Crippen molar-refractivity contribution in [3.8, 4) is 0 Å². The molecule has 1 aromatic rings. The van der Waals surface area contributed by atoms with E-state index in [9.17, 15) is 0 Å². The highest BCUT2D eigenvalue weighted by Gasteiger charge is 1.91. The SMILES string of the molecule is C=N/C(C)=c1\c(C)cccc1=C. The second-order valence-electron chi connectivity index (χ2n) is 2.85. The summed E-state index contributed by atoms with van der Waals surface area (Å²) in [5.74, 6) is 0. The number of nitrogens with zero attached hydrogens (tertiary/aromatic N) is 1. The quantitative estimate of drug-likeness (QED) is 0.547. The average Bonchev–Trinajstić information content (AvgIpc) is 2.03. The van der Waals surface area contributed by atoms with Crippen molar-refractivity contribution in [2.24, 2.45) is 4.99 Å². The van der Waals surface area contributed by atoms with Gasteiger partial charge >= 0.3 is 0 Å². The zero-order chi connectivity index (χ0) is 9.14. The summed E-state index contributed by atoms with van der Waals surface area (Å²) < 4.78 is 0. The van der Waals surface area contributed by atoms with Gasteiger partial charge in [-0.25, -0.2) is 0 Å². The van der Waals surface area contributed by atoms with Crippen molar-refractivity contribution in [2.75, 3.05) is 0 Å². The van der Waals surface area contributed by atoms with Crippen LogP contribution >= 0.6 is 0 Å². The van der Waals surface area contributed by atoms with Crippen molar-refractivity contribution in [2.45, 2.75) is 13.8 Å². The lowest BCUT2D eigenvalue weighted by Crippen LogP contribution is -2.27. The van der Waals surface area contributed by atoms with Crippen LogP contribution in [-0.4, -0.2) is 6.72 Å². The molecular formula is C11H13N. The Morgan fingerprint density at radius 2 is 2.08 bits per heavy atom. The molecule has 0 N–H and O–H groups in total. The van der Waals surface area contributed by atoms with Gasteiger partial charge in [0.15, 0.2) is 0 Å². The van der Waals surface area contributed by atoms with Gasteiger partial charge in [0.1, 0.15) is 0 Å². The fraction of sp³-hybridized carbons (Fsp3) is 0.182. The van der Waals surface area contributed by atoms with Crippen LogP contribution in [-0.2, 0) is 0 Å². The van der Waals surface area contributed by atoms with E-state index in [2.05, 4.69) is 31.3 Å². The molecule has 1 nitrogen and oxygen atoms in total. The smallest absolute Gasteiger partial charge is 0.0446 e. The lowest BCUT2D eigenvalue weighted by molar-refractivity contribution is 1.32. The molecule has 0 aliphatic carbocycles. The molecule has 1 heteroatoms. The van der Waals surface area contributed by atoms with Crippen molar-refractivity contribution < 1.29 is 0 Å². The number of aliphatic imine (C=N–C) groups is 1. The monoisotopic (exact) mass is 159 g/mol. The topological polar surface area (TPSA) is 12.4 Å². The summed E-state index contributed by atoms with van der Waals surface area (Å²) >= 11 is 0. The van der Waals surface area contributed by atoms with E-state index in [1.165, 1.54) is 5.56 Å². The van der Waals surface area contributed by atoms with Crippen LogP contribution in [0, 0.1) is 6.92 Å². The molecule has 0 heterocycles. The fourth-order valence-electron chi connectivity index (χ4n) is 1.33. The van der Waals surface area contributed by atoms with Crippen LogP contribution < -0.4 is 10.4 Å². The highest BCUT2D eigenvalue weighted by molar-refractivity contribution is 5.50. The van der Waals surface area contributed by atoms with Gasteiger partial charge in [-0.2, -0.15) is 0 Å². The first-order chi connectivity index (χ1) is 5.66. The summed E-state index contributed by atoms with van der Waals surface area (Å²) in [5, 5.41) is 2.13. The van der Waals surface area contributed by atoms with Crippen molar-refractivity contribution in [1.29, 1.82) is 0 Å². The summed E-state index contributed by atoms with van der Waals surface area (Å²) in [6.45, 7) is 11.4. The minimum absolute atomic E-state index is 0.943. The number of rotatable bonds is 1. The molecule has 0 aliphatic rings. The van der Waals surface area contributed by atoms with Gasteiger partial charge in [-0.05, 0) is 31.3 Å². The van der Waals surface area contributed by atoms with E-state index in [1.54, 1.807) is 0 Å². The minimum atomic E-state index is 0.943. The van der Waals surface area contributed by atoms with Crippen LogP contribution in [0.4, 0.5) is 0 Å². The summed E-state index contributed by atoms with van der Waals surface area (Å²) in [4.78, 5) is 3.91. The van der Waals surface area contributed by atoms with Crippen LogP contribution in [0.3, 0.4) is 0 Å². The normalized spacial score (nSPS) is 12.5. The first-order valence-corrected chi connectivity index (χ1v) is 3.89. The van der Waals surface area contributed by atoms with Gasteiger partial charge in [0, 0.05) is 10.9 Å². The van der Waals surface area contributed by atoms with Crippen molar-refractivity contribution >= 4 is 19.0 Å². The molecule has 0 spiro atoms.